The Morgan fingerprint density at radius 3 is 1.00 bits per heavy atom. The van der Waals surface area contributed by atoms with Crippen molar-refractivity contribution in [2.24, 2.45) is 0 Å². The standard InChI is InChI=1S/In.O.W.Zn/q+3;-2;+4;+2. The molecule has 0 saturated carbocycles. The molecule has 1 nitrogen and oxygen atoms in total. The van der Waals surface area contributed by atoms with Crippen molar-refractivity contribution in [3.63, 3.8) is 0 Å². The average molecular weight is 380 g/mol. The van der Waals surface area contributed by atoms with E-state index in [2.05, 4.69) is 0 Å². The summed E-state index contributed by atoms with van der Waals surface area (Å²) in [4.78, 5) is 0. The van der Waals surface area contributed by atoms with Gasteiger partial charge < -0.3 is 5.48 Å². The number of hydrogen-bond acceptors (Lipinski definition) is 0. The first-order valence-corrected chi connectivity index (χ1v) is 0. The van der Waals surface area contributed by atoms with Gasteiger partial charge >= 0.3 is 66.4 Å². The van der Waals surface area contributed by atoms with Crippen LogP contribution in [0, 0.1) is 0 Å². The van der Waals surface area contributed by atoms with Gasteiger partial charge in [0.2, 0.25) is 0 Å². The van der Waals surface area contributed by atoms with E-state index in [9.17, 15) is 0 Å². The Balaban J connectivity index is 0. The predicted octanol–water partition coefficient (Wildman–Crippen LogP) is -0.505. The molecule has 4 heavy (non-hydrogen) atoms. The zero-order valence-corrected chi connectivity index (χ0v) is 11.3. The summed E-state index contributed by atoms with van der Waals surface area (Å²) in [6.45, 7) is 0. The maximum Gasteiger partial charge on any atom is 4.00 e. The molecule has 0 radical (unpaired) electrons. The van der Waals surface area contributed by atoms with E-state index in [-0.39, 0.29) is 71.9 Å². The van der Waals surface area contributed by atoms with Crippen LogP contribution >= 0.6 is 0 Å². The van der Waals surface area contributed by atoms with Crippen molar-refractivity contribution in [3.8, 4) is 0 Å². The van der Waals surface area contributed by atoms with Crippen LogP contribution in [-0.2, 0) is 46.0 Å². The van der Waals surface area contributed by atoms with Crippen molar-refractivity contribution in [1.29, 1.82) is 0 Å². The van der Waals surface area contributed by atoms with Gasteiger partial charge in [-0.05, 0) is 0 Å². The molecule has 0 atom stereocenters. The third-order valence-corrected chi connectivity index (χ3v) is 0. The SMILES string of the molecule is [In+3].[O-2].[W+4].[Zn+2]. The van der Waals surface area contributed by atoms with Crippen LogP contribution in [-0.4, -0.2) is 25.8 Å². The van der Waals surface area contributed by atoms with Crippen LogP contribution < -0.4 is 0 Å². The first kappa shape index (κ1) is 35.4. The van der Waals surface area contributed by atoms with Gasteiger partial charge in [-0.1, -0.05) is 0 Å². The van der Waals surface area contributed by atoms with Crippen LogP contribution in [0.4, 0.5) is 0 Å². The molecule has 0 rings (SSSR count). The number of rotatable bonds is 0. The summed E-state index contributed by atoms with van der Waals surface area (Å²) in [6.07, 6.45) is 0. The molecular formula is InOWZn+7. The van der Waals surface area contributed by atoms with Gasteiger partial charge in [0.25, 0.3) is 0 Å². The molecule has 0 bridgehead atoms. The van der Waals surface area contributed by atoms with Crippen molar-refractivity contribution >= 4 is 25.8 Å². The van der Waals surface area contributed by atoms with Crippen LogP contribution in [0.15, 0.2) is 0 Å². The molecule has 0 fully saturated rings. The zero-order valence-electron chi connectivity index (χ0n) is 2.10. The van der Waals surface area contributed by atoms with Crippen LogP contribution in [0.25, 0.3) is 0 Å². The van der Waals surface area contributed by atoms with Crippen molar-refractivity contribution in [1.82, 2.24) is 0 Å². The van der Waals surface area contributed by atoms with Gasteiger partial charge in [0, 0.05) is 0 Å². The van der Waals surface area contributed by atoms with Gasteiger partial charge in [0.05, 0.1) is 0 Å². The second-order valence-corrected chi connectivity index (χ2v) is 0. The molecule has 0 aliphatic carbocycles. The maximum atomic E-state index is 0. The number of hydrogen-bond donors (Lipinski definition) is 0. The van der Waals surface area contributed by atoms with Crippen molar-refractivity contribution in [2.45, 2.75) is 0 Å². The molecule has 0 aromatic carbocycles. The van der Waals surface area contributed by atoms with Crippen molar-refractivity contribution in [3.05, 3.63) is 0 Å². The largest absolute Gasteiger partial charge is 4.00 e. The first-order chi connectivity index (χ1) is 0. The Bertz CT molecular complexity index is 8.00. The van der Waals surface area contributed by atoms with Crippen LogP contribution in [0.2, 0.25) is 0 Å². The minimum Gasteiger partial charge on any atom is -2.00 e. The second-order valence-electron chi connectivity index (χ2n) is 0. The van der Waals surface area contributed by atoms with E-state index in [0.29, 0.717) is 0 Å². The Labute approximate surface area is 71.0 Å². The van der Waals surface area contributed by atoms with E-state index < -0.39 is 0 Å². The Morgan fingerprint density at radius 1 is 1.00 bits per heavy atom. The summed E-state index contributed by atoms with van der Waals surface area (Å²) in [5, 5.41) is 0. The summed E-state index contributed by atoms with van der Waals surface area (Å²) in [5.41, 5.74) is 0. The summed E-state index contributed by atoms with van der Waals surface area (Å²) in [7, 11) is 0. The Morgan fingerprint density at radius 2 is 1.00 bits per heavy atom. The fraction of sp³-hybridized carbons (Fsp3) is 0. The zero-order chi connectivity index (χ0) is 0. The van der Waals surface area contributed by atoms with E-state index in [4.69, 9.17) is 0 Å². The quantitative estimate of drug-likeness (QED) is 0.507. The van der Waals surface area contributed by atoms with Gasteiger partial charge in [-0.2, -0.15) is 0 Å². The fourth-order valence-electron chi connectivity index (χ4n) is 0. The van der Waals surface area contributed by atoms with E-state index >= 15 is 0 Å². The van der Waals surface area contributed by atoms with Crippen LogP contribution in [0.3, 0.4) is 0 Å². The molecule has 10 valence electrons. The monoisotopic (exact) mass is 379 g/mol. The first-order valence-electron chi connectivity index (χ1n) is 0. The molecule has 4 heteroatoms. The fourth-order valence-corrected chi connectivity index (χ4v) is 0. The summed E-state index contributed by atoms with van der Waals surface area (Å²) >= 11 is 0. The maximum absolute atomic E-state index is 0. The van der Waals surface area contributed by atoms with Gasteiger partial charge in [-0.15, -0.1) is 0 Å². The molecule has 0 amide bonds. The smallest absolute Gasteiger partial charge is 2.00 e. The summed E-state index contributed by atoms with van der Waals surface area (Å²) in [6, 6.07) is 0. The topological polar surface area (TPSA) is 28.5 Å². The molecule has 0 spiro atoms. The van der Waals surface area contributed by atoms with E-state index in [1.807, 2.05) is 0 Å². The molecule has 0 aliphatic rings. The van der Waals surface area contributed by atoms with Crippen LogP contribution in [0.1, 0.15) is 0 Å². The van der Waals surface area contributed by atoms with Gasteiger partial charge in [-0.3, -0.25) is 0 Å². The summed E-state index contributed by atoms with van der Waals surface area (Å²) in [5.74, 6) is 0. The molecule has 0 unspecified atom stereocenters. The second kappa shape index (κ2) is 19.2. The molecule has 0 aromatic rings. The molecular weight excluding hydrogens is 380 g/mol. The van der Waals surface area contributed by atoms with E-state index in [1.54, 1.807) is 0 Å². The normalized spacial score (nSPS) is 0. The minimum absolute atomic E-state index is 0. The molecule has 0 heterocycles. The van der Waals surface area contributed by atoms with Crippen molar-refractivity contribution < 1.29 is 46.0 Å². The average Bonchev–Trinajstić information content (AvgIpc) is 0. The van der Waals surface area contributed by atoms with E-state index in [1.165, 1.54) is 0 Å². The Hall–Kier alpha value is 2.14. The minimum atomic E-state index is 0. The van der Waals surface area contributed by atoms with Gasteiger partial charge in [0.15, 0.2) is 0 Å². The van der Waals surface area contributed by atoms with E-state index in [0.717, 1.165) is 0 Å². The molecule has 0 aliphatic heterocycles. The molecule has 0 aromatic heterocycles. The molecule has 0 saturated heterocycles. The Kier molecular flexibility index (Phi) is 170. The van der Waals surface area contributed by atoms with Crippen molar-refractivity contribution in [2.75, 3.05) is 0 Å². The summed E-state index contributed by atoms with van der Waals surface area (Å²) < 4.78 is 0. The third kappa shape index (κ3) is 8.91. The van der Waals surface area contributed by atoms with Crippen LogP contribution in [0.5, 0.6) is 0 Å². The third-order valence-electron chi connectivity index (χ3n) is 0. The predicted molar refractivity (Wildman–Crippen MR) is 6.44 cm³/mol. The van der Waals surface area contributed by atoms with Gasteiger partial charge in [-0.25, -0.2) is 0 Å². The van der Waals surface area contributed by atoms with Gasteiger partial charge in [0.1, 0.15) is 0 Å². The molecule has 0 N–H and O–H groups in total.